The number of rotatable bonds is 4. The Morgan fingerprint density at radius 1 is 1.17 bits per heavy atom. The van der Waals surface area contributed by atoms with Gasteiger partial charge in [0.1, 0.15) is 23.7 Å². The third-order valence-electron chi connectivity index (χ3n) is 5.80. The first-order valence-electron chi connectivity index (χ1n) is 10.6. The van der Waals surface area contributed by atoms with Crippen molar-refractivity contribution in [1.29, 1.82) is 0 Å². The number of aryl methyl sites for hydroxylation is 1. The highest BCUT2D eigenvalue weighted by atomic mass is 19.4. The zero-order valence-electron chi connectivity index (χ0n) is 18.3. The number of alkyl halides is 3. The van der Waals surface area contributed by atoms with Gasteiger partial charge in [0, 0.05) is 23.0 Å². The maximum absolute atomic E-state index is 15.2. The first-order valence-corrected chi connectivity index (χ1v) is 10.6. The summed E-state index contributed by atoms with van der Waals surface area (Å²) in [4.78, 5) is 20.0. The molecule has 1 aliphatic carbocycles. The summed E-state index contributed by atoms with van der Waals surface area (Å²) < 4.78 is 55.3. The number of carbonyl (C=O) groups excluding carboxylic acids is 1. The smallest absolute Gasteiger partial charge is 0.320 e. The van der Waals surface area contributed by atoms with Gasteiger partial charge in [0.25, 0.3) is 0 Å². The number of nitrogens with zero attached hydrogens (tertiary/aromatic N) is 4. The number of carbonyl (C=O) groups is 1. The van der Waals surface area contributed by atoms with Crippen molar-refractivity contribution in [3.63, 3.8) is 0 Å². The van der Waals surface area contributed by atoms with E-state index in [0.29, 0.717) is 16.8 Å². The van der Waals surface area contributed by atoms with E-state index in [9.17, 15) is 18.0 Å². The molecule has 0 unspecified atom stereocenters. The maximum atomic E-state index is 15.2. The highest BCUT2D eigenvalue weighted by molar-refractivity contribution is 5.99. The number of benzene rings is 1. The number of urea groups is 1. The average molecular weight is 485 g/mol. The van der Waals surface area contributed by atoms with Crippen LogP contribution < -0.4 is 16.4 Å². The van der Waals surface area contributed by atoms with Crippen LogP contribution in [0.2, 0.25) is 0 Å². The van der Waals surface area contributed by atoms with Gasteiger partial charge in [-0.25, -0.2) is 23.7 Å². The second kappa shape index (κ2) is 8.01. The lowest BCUT2D eigenvalue weighted by Gasteiger charge is -2.13. The molecule has 4 N–H and O–H groups in total. The molecule has 0 spiro atoms. The fraction of sp³-hybridized carbons (Fsp3) is 0.217. The van der Waals surface area contributed by atoms with Crippen LogP contribution in [0, 0.1) is 12.7 Å². The van der Waals surface area contributed by atoms with Gasteiger partial charge in [0.2, 0.25) is 0 Å². The minimum absolute atomic E-state index is 0.103. The van der Waals surface area contributed by atoms with Crippen molar-refractivity contribution in [2.45, 2.75) is 31.5 Å². The van der Waals surface area contributed by atoms with E-state index in [1.165, 1.54) is 24.5 Å². The third-order valence-corrected chi connectivity index (χ3v) is 5.80. The number of nitrogens with two attached hydrogens (primary N) is 1. The molecule has 0 atom stereocenters. The molecular formula is C23H19F4N7O. The fourth-order valence-corrected chi connectivity index (χ4v) is 3.94. The van der Waals surface area contributed by atoms with E-state index < -0.39 is 29.3 Å². The monoisotopic (exact) mass is 485 g/mol. The minimum atomic E-state index is -4.65. The number of hydrogen-bond donors (Lipinski definition) is 3. The normalized spacial score (nSPS) is 14.7. The number of nitrogens with one attached hydrogen (secondary N) is 2. The summed E-state index contributed by atoms with van der Waals surface area (Å²) in [5.41, 5.74) is 7.68. The molecule has 2 amide bonds. The Kier molecular flexibility index (Phi) is 5.20. The lowest BCUT2D eigenvalue weighted by molar-refractivity contribution is -0.141. The average Bonchev–Trinajstić information content (AvgIpc) is 3.45. The molecule has 35 heavy (non-hydrogen) atoms. The van der Waals surface area contributed by atoms with Crippen molar-refractivity contribution in [3.05, 3.63) is 71.7 Å². The molecule has 1 saturated carbocycles. The lowest BCUT2D eigenvalue weighted by Crippen LogP contribution is -2.22. The van der Waals surface area contributed by atoms with Gasteiger partial charge in [0.05, 0.1) is 16.7 Å². The number of aromatic nitrogens is 4. The van der Waals surface area contributed by atoms with E-state index in [1.54, 1.807) is 10.7 Å². The predicted octanol–water partition coefficient (Wildman–Crippen LogP) is 4.85. The molecule has 3 heterocycles. The number of pyridine rings is 1. The molecule has 1 fully saturated rings. The van der Waals surface area contributed by atoms with Crippen LogP contribution in [0.25, 0.3) is 16.6 Å². The standard InChI is InChI=1S/C23H19F4N7O/c1-12-10-34-19(20(29-11-30-34)22(28)7-8-22)18(12)14-6-5-13(9-15(14)24)31-21(35)33-17-4-2-3-16(32-17)23(25,26)27/h2-6,9-11H,7-8,28H2,1H3,(H2,31,32,33,35). The van der Waals surface area contributed by atoms with Crippen LogP contribution >= 0.6 is 0 Å². The van der Waals surface area contributed by atoms with Crippen LogP contribution in [0.15, 0.2) is 48.9 Å². The van der Waals surface area contributed by atoms with Crippen molar-refractivity contribution < 1.29 is 22.4 Å². The summed E-state index contributed by atoms with van der Waals surface area (Å²) in [7, 11) is 0. The van der Waals surface area contributed by atoms with Gasteiger partial charge in [-0.3, -0.25) is 5.32 Å². The molecule has 0 saturated heterocycles. The van der Waals surface area contributed by atoms with E-state index in [2.05, 4.69) is 25.7 Å². The second-order valence-electron chi connectivity index (χ2n) is 8.42. The zero-order chi connectivity index (χ0) is 25.0. The summed E-state index contributed by atoms with van der Waals surface area (Å²) in [6, 6.07) is 6.36. The third kappa shape index (κ3) is 4.28. The largest absolute Gasteiger partial charge is 0.433 e. The van der Waals surface area contributed by atoms with Crippen LogP contribution in [-0.2, 0) is 11.7 Å². The Morgan fingerprint density at radius 3 is 2.63 bits per heavy atom. The van der Waals surface area contributed by atoms with E-state index >= 15 is 4.39 Å². The summed E-state index contributed by atoms with van der Waals surface area (Å²) in [6.45, 7) is 1.82. The predicted molar refractivity (Wildman–Crippen MR) is 120 cm³/mol. The molecule has 1 aliphatic rings. The summed E-state index contributed by atoms with van der Waals surface area (Å²) in [6.07, 6.45) is 0.0694. The maximum Gasteiger partial charge on any atom is 0.433 e. The van der Waals surface area contributed by atoms with Crippen molar-refractivity contribution in [3.8, 4) is 11.1 Å². The fourth-order valence-electron chi connectivity index (χ4n) is 3.94. The molecule has 3 aromatic heterocycles. The number of fused-ring (bicyclic) bond motifs is 1. The van der Waals surface area contributed by atoms with Gasteiger partial charge in [-0.15, -0.1) is 0 Å². The Balaban J connectivity index is 1.41. The molecule has 1 aromatic carbocycles. The second-order valence-corrected chi connectivity index (χ2v) is 8.42. The Morgan fingerprint density at radius 2 is 1.94 bits per heavy atom. The van der Waals surface area contributed by atoms with Crippen molar-refractivity contribution in [1.82, 2.24) is 19.6 Å². The highest BCUT2D eigenvalue weighted by Crippen LogP contribution is 2.46. The molecule has 4 aromatic rings. The SMILES string of the molecule is Cc1cn2ncnc(C3(N)CC3)c2c1-c1ccc(NC(=O)Nc2cccc(C(F)(F)F)n2)cc1F. The van der Waals surface area contributed by atoms with Crippen LogP contribution in [0.4, 0.5) is 33.9 Å². The highest BCUT2D eigenvalue weighted by Gasteiger charge is 2.44. The van der Waals surface area contributed by atoms with Gasteiger partial charge >= 0.3 is 12.2 Å². The molecular weight excluding hydrogens is 466 g/mol. The topological polar surface area (TPSA) is 110 Å². The molecule has 0 bridgehead atoms. The Labute approximate surface area is 196 Å². The summed E-state index contributed by atoms with van der Waals surface area (Å²) in [5.74, 6) is -0.915. The van der Waals surface area contributed by atoms with Crippen molar-refractivity contribution in [2.75, 3.05) is 10.6 Å². The first-order chi connectivity index (χ1) is 16.5. The van der Waals surface area contributed by atoms with Crippen LogP contribution in [-0.4, -0.2) is 25.6 Å². The van der Waals surface area contributed by atoms with E-state index in [4.69, 9.17) is 5.73 Å². The molecule has 0 aliphatic heterocycles. The van der Waals surface area contributed by atoms with Gasteiger partial charge in [-0.1, -0.05) is 6.07 Å². The minimum Gasteiger partial charge on any atom is -0.320 e. The van der Waals surface area contributed by atoms with Gasteiger partial charge < -0.3 is 11.1 Å². The van der Waals surface area contributed by atoms with E-state index in [0.717, 1.165) is 36.6 Å². The number of anilines is 2. The molecule has 180 valence electrons. The van der Waals surface area contributed by atoms with Crippen LogP contribution in [0.1, 0.15) is 29.8 Å². The summed E-state index contributed by atoms with van der Waals surface area (Å²) in [5, 5.41) is 8.83. The molecule has 12 heteroatoms. The zero-order valence-corrected chi connectivity index (χ0v) is 18.3. The lowest BCUT2D eigenvalue weighted by atomic mass is 9.99. The quantitative estimate of drug-likeness (QED) is 0.358. The molecule has 0 radical (unpaired) electrons. The van der Waals surface area contributed by atoms with Gasteiger partial charge in [-0.2, -0.15) is 18.3 Å². The van der Waals surface area contributed by atoms with Crippen molar-refractivity contribution in [2.24, 2.45) is 5.73 Å². The number of amides is 2. The first kappa shape index (κ1) is 22.7. The van der Waals surface area contributed by atoms with E-state index in [-0.39, 0.29) is 17.1 Å². The Bertz CT molecular complexity index is 1460. The number of halogens is 4. The molecule has 5 rings (SSSR count). The van der Waals surface area contributed by atoms with Gasteiger partial charge in [-0.05, 0) is 55.7 Å². The molecule has 8 nitrogen and oxygen atoms in total. The van der Waals surface area contributed by atoms with Crippen LogP contribution in [0.5, 0.6) is 0 Å². The van der Waals surface area contributed by atoms with Crippen molar-refractivity contribution >= 4 is 23.1 Å². The Hall–Kier alpha value is -4.06. The summed E-state index contributed by atoms with van der Waals surface area (Å²) >= 11 is 0. The van der Waals surface area contributed by atoms with Gasteiger partial charge in [0.15, 0.2) is 0 Å². The van der Waals surface area contributed by atoms with Crippen LogP contribution in [0.3, 0.4) is 0 Å². The number of hydrogen-bond acceptors (Lipinski definition) is 5. The van der Waals surface area contributed by atoms with E-state index in [1.807, 2.05) is 6.92 Å².